The molecule has 1 aromatic rings. The Kier molecular flexibility index (Phi) is 3.15. The fourth-order valence-electron chi connectivity index (χ4n) is 4.48. The van der Waals surface area contributed by atoms with Crippen molar-refractivity contribution >= 4 is 5.69 Å². The third-order valence-electron chi connectivity index (χ3n) is 6.27. The van der Waals surface area contributed by atoms with Gasteiger partial charge in [-0.25, -0.2) is 0 Å². The summed E-state index contributed by atoms with van der Waals surface area (Å²) in [5, 5.41) is 0. The van der Waals surface area contributed by atoms with E-state index in [1.807, 2.05) is 0 Å². The first-order valence-electron chi connectivity index (χ1n) is 8.33. The second-order valence-electron chi connectivity index (χ2n) is 7.66. The summed E-state index contributed by atoms with van der Waals surface area (Å²) in [6, 6.07) is 7.07. The van der Waals surface area contributed by atoms with Gasteiger partial charge < -0.3 is 4.90 Å². The van der Waals surface area contributed by atoms with Crippen LogP contribution in [0.15, 0.2) is 18.2 Å². The fraction of sp³-hybridized carbons (Fsp3) is 0.684. The lowest BCUT2D eigenvalue weighted by molar-refractivity contribution is 0.253. The number of hydrogen-bond donors (Lipinski definition) is 0. The first-order chi connectivity index (χ1) is 9.44. The molecule has 2 atom stereocenters. The number of rotatable bonds is 2. The monoisotopic (exact) mass is 271 g/mol. The first-order valence-corrected chi connectivity index (χ1v) is 8.33. The van der Waals surface area contributed by atoms with Crippen molar-refractivity contribution in [3.63, 3.8) is 0 Å². The van der Waals surface area contributed by atoms with Gasteiger partial charge in [0.15, 0.2) is 0 Å². The van der Waals surface area contributed by atoms with Crippen molar-refractivity contribution in [1.82, 2.24) is 0 Å². The highest BCUT2D eigenvalue weighted by molar-refractivity contribution is 5.68. The topological polar surface area (TPSA) is 3.24 Å². The minimum Gasteiger partial charge on any atom is -0.371 e. The van der Waals surface area contributed by atoms with Crippen LogP contribution in [0.2, 0.25) is 0 Å². The van der Waals surface area contributed by atoms with E-state index in [4.69, 9.17) is 0 Å². The molecular formula is C19H29N. The van der Waals surface area contributed by atoms with E-state index < -0.39 is 0 Å². The molecule has 0 N–H and O–H groups in total. The highest BCUT2D eigenvalue weighted by atomic mass is 15.2. The molecule has 0 spiro atoms. The van der Waals surface area contributed by atoms with Crippen LogP contribution in [0.3, 0.4) is 0 Å². The van der Waals surface area contributed by atoms with E-state index in [9.17, 15) is 0 Å². The van der Waals surface area contributed by atoms with E-state index in [2.05, 4.69) is 57.7 Å². The molecule has 1 aromatic carbocycles. The lowest BCUT2D eigenvalue weighted by atomic mass is 9.63. The van der Waals surface area contributed by atoms with Crippen LogP contribution in [-0.2, 0) is 10.8 Å². The minimum absolute atomic E-state index is 0.329. The van der Waals surface area contributed by atoms with Crippen molar-refractivity contribution in [3.8, 4) is 0 Å². The van der Waals surface area contributed by atoms with Gasteiger partial charge in [-0.15, -0.1) is 0 Å². The summed E-state index contributed by atoms with van der Waals surface area (Å²) < 4.78 is 0. The Hall–Kier alpha value is -0.980. The molecule has 110 valence electrons. The van der Waals surface area contributed by atoms with Gasteiger partial charge in [0, 0.05) is 18.8 Å². The third kappa shape index (κ3) is 1.75. The van der Waals surface area contributed by atoms with Crippen LogP contribution in [-0.4, -0.2) is 13.1 Å². The molecule has 0 amide bonds. The molecule has 3 rings (SSSR count). The molecule has 1 heteroatoms. The van der Waals surface area contributed by atoms with Gasteiger partial charge in [-0.2, -0.15) is 0 Å². The molecule has 0 bridgehead atoms. The summed E-state index contributed by atoms with van der Waals surface area (Å²) in [6.45, 7) is 14.5. The summed E-state index contributed by atoms with van der Waals surface area (Å²) in [4.78, 5) is 2.68. The molecule has 20 heavy (non-hydrogen) atoms. The van der Waals surface area contributed by atoms with Crippen LogP contribution in [0.4, 0.5) is 5.69 Å². The normalized spacial score (nSPS) is 31.1. The van der Waals surface area contributed by atoms with Crippen molar-refractivity contribution in [1.29, 1.82) is 0 Å². The Morgan fingerprint density at radius 3 is 2.50 bits per heavy atom. The molecule has 2 aliphatic rings. The van der Waals surface area contributed by atoms with Crippen molar-refractivity contribution in [2.45, 2.75) is 64.7 Å². The van der Waals surface area contributed by atoms with Gasteiger partial charge in [-0.3, -0.25) is 0 Å². The van der Waals surface area contributed by atoms with E-state index in [1.165, 1.54) is 32.4 Å². The number of nitrogens with zero attached hydrogens (tertiary/aromatic N) is 1. The highest BCUT2D eigenvalue weighted by Crippen LogP contribution is 2.52. The first kappa shape index (κ1) is 14.0. The molecule has 2 heterocycles. The van der Waals surface area contributed by atoms with Crippen LogP contribution in [0, 0.1) is 5.92 Å². The van der Waals surface area contributed by atoms with Crippen LogP contribution < -0.4 is 4.90 Å². The van der Waals surface area contributed by atoms with Gasteiger partial charge in [0.2, 0.25) is 0 Å². The summed E-state index contributed by atoms with van der Waals surface area (Å²) in [7, 11) is 0. The van der Waals surface area contributed by atoms with Crippen LogP contribution >= 0.6 is 0 Å². The van der Waals surface area contributed by atoms with Gasteiger partial charge in [0.25, 0.3) is 0 Å². The van der Waals surface area contributed by atoms with Gasteiger partial charge in [-0.1, -0.05) is 59.2 Å². The molecule has 0 aromatic heterocycles. The maximum atomic E-state index is 2.68. The molecule has 1 nitrogen and oxygen atoms in total. The zero-order valence-electron chi connectivity index (χ0n) is 13.8. The second kappa shape index (κ2) is 4.51. The highest BCUT2D eigenvalue weighted by Gasteiger charge is 2.44. The summed E-state index contributed by atoms with van der Waals surface area (Å²) in [5.74, 6) is 0.788. The fourth-order valence-corrected chi connectivity index (χ4v) is 4.48. The smallest absolute Gasteiger partial charge is 0.0442 e. The average Bonchev–Trinajstić information content (AvgIpc) is 2.45. The Bertz CT molecular complexity index is 516. The molecule has 2 aliphatic heterocycles. The molecular weight excluding hydrogens is 242 g/mol. The number of anilines is 1. The zero-order valence-corrected chi connectivity index (χ0v) is 13.8. The van der Waals surface area contributed by atoms with E-state index >= 15 is 0 Å². The van der Waals surface area contributed by atoms with Gasteiger partial charge in [-0.05, 0) is 40.7 Å². The van der Waals surface area contributed by atoms with Crippen LogP contribution in [0.25, 0.3) is 0 Å². The molecule has 2 unspecified atom stereocenters. The summed E-state index contributed by atoms with van der Waals surface area (Å²) >= 11 is 0. The van der Waals surface area contributed by atoms with E-state index in [0.717, 1.165) is 5.92 Å². The molecule has 0 saturated heterocycles. The van der Waals surface area contributed by atoms with Crippen molar-refractivity contribution in [2.75, 3.05) is 18.0 Å². The van der Waals surface area contributed by atoms with Gasteiger partial charge in [0.1, 0.15) is 0 Å². The minimum atomic E-state index is 0.329. The average molecular weight is 271 g/mol. The van der Waals surface area contributed by atoms with Crippen molar-refractivity contribution < 1.29 is 0 Å². The number of hydrogen-bond acceptors (Lipinski definition) is 1. The predicted molar refractivity (Wildman–Crippen MR) is 87.7 cm³/mol. The Labute approximate surface area is 124 Å². The molecule has 0 fully saturated rings. The van der Waals surface area contributed by atoms with Crippen molar-refractivity contribution in [2.24, 2.45) is 5.92 Å². The molecule has 0 aliphatic carbocycles. The summed E-state index contributed by atoms with van der Waals surface area (Å²) in [5.41, 5.74) is 5.45. The van der Waals surface area contributed by atoms with Crippen molar-refractivity contribution in [3.05, 3.63) is 29.3 Å². The van der Waals surface area contributed by atoms with Crippen LogP contribution in [0.1, 0.15) is 65.0 Å². The second-order valence-corrected chi connectivity index (χ2v) is 7.66. The van der Waals surface area contributed by atoms with E-state index in [1.54, 1.807) is 16.8 Å². The SMILES string of the molecule is CCC1CN2CCC(C)(C)c3cccc(c32)C1(C)CC. The standard InChI is InChI=1S/C19H29N/c1-6-14-13-20-12-11-18(3,4)15-9-8-10-16(17(15)20)19(14,5)7-2/h8-10,14H,6-7,11-13H2,1-5H3. The largest absolute Gasteiger partial charge is 0.371 e. The molecule has 0 radical (unpaired) electrons. The zero-order chi connectivity index (χ0) is 14.5. The quantitative estimate of drug-likeness (QED) is 0.741. The molecule has 0 saturated carbocycles. The maximum Gasteiger partial charge on any atom is 0.0442 e. The third-order valence-corrected chi connectivity index (χ3v) is 6.27. The Morgan fingerprint density at radius 2 is 1.85 bits per heavy atom. The number of benzene rings is 1. The Balaban J connectivity index is 2.23. The lowest BCUT2D eigenvalue weighted by Crippen LogP contribution is -2.50. The maximum absolute atomic E-state index is 2.68. The number of para-hydroxylation sites is 1. The van der Waals surface area contributed by atoms with E-state index in [0.29, 0.717) is 10.8 Å². The Morgan fingerprint density at radius 1 is 1.15 bits per heavy atom. The summed E-state index contributed by atoms with van der Waals surface area (Å²) in [6.07, 6.45) is 3.81. The van der Waals surface area contributed by atoms with Gasteiger partial charge >= 0.3 is 0 Å². The predicted octanol–water partition coefficient (Wildman–Crippen LogP) is 4.88. The van der Waals surface area contributed by atoms with Gasteiger partial charge in [0.05, 0.1) is 0 Å². The van der Waals surface area contributed by atoms with Crippen LogP contribution in [0.5, 0.6) is 0 Å². The van der Waals surface area contributed by atoms with E-state index in [-0.39, 0.29) is 0 Å². The lowest BCUT2D eigenvalue weighted by Gasteiger charge is -2.52.